The quantitative estimate of drug-likeness (QED) is 0.218. The molecule has 0 aromatic rings. The number of hydrogen-bond acceptors (Lipinski definition) is 6. The minimum absolute atomic E-state index is 0.0555. The molecule has 10 atom stereocenters. The first-order valence-corrected chi connectivity index (χ1v) is 20.2. The van der Waals surface area contributed by atoms with Crippen LogP contribution in [0.1, 0.15) is 147 Å². The van der Waals surface area contributed by atoms with Crippen molar-refractivity contribution in [3.05, 3.63) is 11.1 Å². The molecule has 0 heterocycles. The van der Waals surface area contributed by atoms with Crippen molar-refractivity contribution in [3.8, 4) is 0 Å². The molecule has 0 spiro atoms. The van der Waals surface area contributed by atoms with E-state index in [9.17, 15) is 24.3 Å². The van der Waals surface area contributed by atoms with Crippen LogP contribution in [-0.4, -0.2) is 46.9 Å². The average Bonchev–Trinajstić information content (AvgIpc) is 3.29. The fourth-order valence-electron chi connectivity index (χ4n) is 13.8. The summed E-state index contributed by atoms with van der Waals surface area (Å²) >= 11 is 0. The molecule has 6 rings (SSSR count). The summed E-state index contributed by atoms with van der Waals surface area (Å²) in [6.45, 7) is 24.5. The van der Waals surface area contributed by atoms with Gasteiger partial charge in [-0.2, -0.15) is 0 Å². The Balaban J connectivity index is 1.25. The number of rotatable bonds is 8. The molecule has 0 saturated heterocycles. The molecule has 6 aliphatic rings. The zero-order valence-electron chi connectivity index (χ0n) is 33.6. The maximum absolute atomic E-state index is 13.9. The highest BCUT2D eigenvalue weighted by molar-refractivity contribution is 6.00. The second kappa shape index (κ2) is 12.1. The Morgan fingerprint density at radius 1 is 0.882 bits per heavy atom. The number of allylic oxidation sites excluding steroid dienone is 2. The minimum atomic E-state index is -0.938. The van der Waals surface area contributed by atoms with Crippen LogP contribution in [0.15, 0.2) is 11.1 Å². The highest BCUT2D eigenvalue weighted by Gasteiger charge is 2.70. The Morgan fingerprint density at radius 2 is 1.55 bits per heavy atom. The Morgan fingerprint density at radius 3 is 2.14 bits per heavy atom. The van der Waals surface area contributed by atoms with Gasteiger partial charge >= 0.3 is 11.9 Å². The number of nitrogens with two attached hydrogens (primary N) is 1. The topological polar surface area (TPSA) is 136 Å². The van der Waals surface area contributed by atoms with Gasteiger partial charge in [0.1, 0.15) is 6.10 Å². The number of fused-ring (bicyclic) bond motifs is 7. The summed E-state index contributed by atoms with van der Waals surface area (Å²) in [7, 11) is 0. The number of esters is 1. The van der Waals surface area contributed by atoms with Crippen molar-refractivity contribution in [3.63, 3.8) is 0 Å². The van der Waals surface area contributed by atoms with Crippen LogP contribution in [0.4, 0.5) is 0 Å². The van der Waals surface area contributed by atoms with E-state index in [0.29, 0.717) is 42.9 Å². The highest BCUT2D eigenvalue weighted by atomic mass is 16.5. The van der Waals surface area contributed by atoms with Crippen molar-refractivity contribution < 1.29 is 29.0 Å². The molecule has 0 bridgehead atoms. The van der Waals surface area contributed by atoms with Gasteiger partial charge in [0, 0.05) is 23.8 Å². The molecule has 0 aromatic heterocycles. The molecule has 1 amide bonds. The SMILES string of the molecule is CC(C)C1=C2[C@H]3CC[C@@H]4[C@@]5(C)CC[C@H](OC(=O)[C@H]6C[C@@H](C(=O)O)C6(C)C)C(C)(C)[C@@H]5CC[C@@]4(C)[C@]3(C)CC[C@@]2(CCNC(=O)C(C)(C)N)CC1=O. The maximum Gasteiger partial charge on any atom is 0.309 e. The first kappa shape index (κ1) is 38.5. The van der Waals surface area contributed by atoms with E-state index in [0.717, 1.165) is 63.4 Å². The van der Waals surface area contributed by atoms with Crippen LogP contribution in [0.2, 0.25) is 0 Å². The number of Topliss-reactive ketones (excluding diaryl/α,β-unsaturated/α-hetero) is 1. The third kappa shape index (κ3) is 5.51. The fourth-order valence-corrected chi connectivity index (χ4v) is 13.8. The lowest BCUT2D eigenvalue weighted by atomic mass is 9.33. The van der Waals surface area contributed by atoms with E-state index in [1.165, 1.54) is 5.57 Å². The van der Waals surface area contributed by atoms with Crippen molar-refractivity contribution in [2.24, 2.45) is 73.7 Å². The second-order valence-electron chi connectivity index (χ2n) is 21.0. The molecule has 0 radical (unpaired) electrons. The largest absolute Gasteiger partial charge is 0.481 e. The molecule has 0 unspecified atom stereocenters. The van der Waals surface area contributed by atoms with Gasteiger partial charge in [0.05, 0.1) is 17.4 Å². The first-order valence-electron chi connectivity index (χ1n) is 20.2. The van der Waals surface area contributed by atoms with Gasteiger partial charge in [0.25, 0.3) is 0 Å². The van der Waals surface area contributed by atoms with E-state index >= 15 is 0 Å². The zero-order valence-corrected chi connectivity index (χ0v) is 33.6. The molecule has 5 saturated carbocycles. The standard InChI is InChI=1S/C43H68N2O6/c1-24(2)32-28(46)23-43(20-21-45-36(50)39(7,8)44)19-18-41(10)25(33(32)43)12-13-30-40(9)16-15-31(38(5,6)29(40)14-17-42(30,41)11)51-35(49)27-22-26(34(47)48)37(27,3)4/h24-27,29-31H,12-23,44H2,1-11H3,(H,45,50)(H,47,48)/t25-,26+,27-,29+,30-,31+,40+,41-,42-,43-/m1/s1. The number of carboxylic acids is 1. The summed E-state index contributed by atoms with van der Waals surface area (Å²) < 4.78 is 6.40. The summed E-state index contributed by atoms with van der Waals surface area (Å²) in [4.78, 5) is 52.0. The van der Waals surface area contributed by atoms with Crippen molar-refractivity contribution in [1.29, 1.82) is 0 Å². The number of ketones is 1. The van der Waals surface area contributed by atoms with Crippen LogP contribution in [0.25, 0.3) is 0 Å². The number of nitrogens with one attached hydrogen (secondary N) is 1. The molecule has 8 nitrogen and oxygen atoms in total. The Hall–Kier alpha value is -2.22. The van der Waals surface area contributed by atoms with E-state index in [-0.39, 0.29) is 56.9 Å². The van der Waals surface area contributed by atoms with Crippen molar-refractivity contribution >= 4 is 23.6 Å². The predicted octanol–water partition coefficient (Wildman–Crippen LogP) is 7.87. The average molecular weight is 709 g/mol. The van der Waals surface area contributed by atoms with Gasteiger partial charge in [-0.25, -0.2) is 0 Å². The molecule has 0 aromatic carbocycles. The minimum Gasteiger partial charge on any atom is -0.481 e. The molecule has 0 aliphatic heterocycles. The van der Waals surface area contributed by atoms with Crippen molar-refractivity contribution in [2.75, 3.05) is 6.54 Å². The van der Waals surface area contributed by atoms with Crippen LogP contribution in [-0.2, 0) is 23.9 Å². The van der Waals surface area contributed by atoms with Crippen molar-refractivity contribution in [1.82, 2.24) is 5.32 Å². The van der Waals surface area contributed by atoms with Gasteiger partial charge in [-0.1, -0.05) is 67.9 Å². The fraction of sp³-hybridized carbons (Fsp3) is 0.860. The summed E-state index contributed by atoms with van der Waals surface area (Å²) in [5.41, 5.74) is 6.94. The summed E-state index contributed by atoms with van der Waals surface area (Å²) in [5.74, 6) is -0.294. The van der Waals surface area contributed by atoms with E-state index in [2.05, 4.69) is 53.8 Å². The lowest BCUT2D eigenvalue weighted by Gasteiger charge is -2.72. The summed E-state index contributed by atoms with van der Waals surface area (Å²) in [5, 5.41) is 12.7. The predicted molar refractivity (Wildman–Crippen MR) is 198 cm³/mol. The van der Waals surface area contributed by atoms with Crippen LogP contribution in [0.3, 0.4) is 0 Å². The lowest BCUT2D eigenvalue weighted by molar-refractivity contribution is -0.236. The number of carbonyl (C=O) groups is 4. The normalized spacial score (nSPS) is 42.6. The van der Waals surface area contributed by atoms with Gasteiger partial charge in [-0.05, 0) is 129 Å². The van der Waals surface area contributed by atoms with Crippen LogP contribution < -0.4 is 11.1 Å². The molecular weight excluding hydrogens is 640 g/mol. The monoisotopic (exact) mass is 709 g/mol. The molecule has 4 N–H and O–H groups in total. The molecule has 6 aliphatic carbocycles. The number of carbonyl (C=O) groups excluding carboxylic acids is 3. The molecule has 8 heteroatoms. The smallest absolute Gasteiger partial charge is 0.309 e. The van der Waals surface area contributed by atoms with E-state index in [1.54, 1.807) is 13.8 Å². The van der Waals surface area contributed by atoms with E-state index in [1.807, 2.05) is 13.8 Å². The van der Waals surface area contributed by atoms with Crippen molar-refractivity contribution in [2.45, 2.75) is 158 Å². The van der Waals surface area contributed by atoms with Gasteiger partial charge in [-0.15, -0.1) is 0 Å². The third-order valence-electron chi connectivity index (χ3n) is 17.1. The molecule has 286 valence electrons. The molecular formula is C43H68N2O6. The third-order valence-corrected chi connectivity index (χ3v) is 17.1. The summed E-state index contributed by atoms with van der Waals surface area (Å²) in [6.07, 6.45) is 9.87. The Labute approximate surface area is 307 Å². The van der Waals surface area contributed by atoms with E-state index < -0.39 is 22.8 Å². The zero-order chi connectivity index (χ0) is 37.9. The van der Waals surface area contributed by atoms with Crippen LogP contribution in [0, 0.1) is 68.0 Å². The number of amides is 1. The first-order chi connectivity index (χ1) is 23.4. The number of aliphatic carboxylic acids is 1. The number of hydrogen-bond donors (Lipinski definition) is 3. The number of ether oxygens (including phenoxy) is 1. The Kier molecular flexibility index (Phi) is 9.17. The number of carboxylic acid groups (broad SMARTS) is 1. The molecule has 51 heavy (non-hydrogen) atoms. The summed E-state index contributed by atoms with van der Waals surface area (Å²) in [6, 6.07) is 0. The van der Waals surface area contributed by atoms with Gasteiger partial charge < -0.3 is 20.9 Å². The second-order valence-corrected chi connectivity index (χ2v) is 21.0. The molecule has 5 fully saturated rings. The van der Waals surface area contributed by atoms with Gasteiger partial charge in [0.15, 0.2) is 5.78 Å². The van der Waals surface area contributed by atoms with Gasteiger partial charge in [-0.3, -0.25) is 19.2 Å². The van der Waals surface area contributed by atoms with Gasteiger partial charge in [0.2, 0.25) is 5.91 Å². The van der Waals surface area contributed by atoms with Crippen LogP contribution >= 0.6 is 0 Å². The Bertz CT molecular complexity index is 1520. The highest BCUT2D eigenvalue weighted by Crippen LogP contribution is 2.77. The van der Waals surface area contributed by atoms with E-state index in [4.69, 9.17) is 10.5 Å². The maximum atomic E-state index is 13.9. The van der Waals surface area contributed by atoms with Crippen LogP contribution in [0.5, 0.6) is 0 Å². The lowest BCUT2D eigenvalue weighted by Crippen LogP contribution is -2.66.